The van der Waals surface area contributed by atoms with E-state index < -0.39 is 0 Å². The fraction of sp³-hybridized carbons (Fsp3) is 0. The molecule has 0 radical (unpaired) electrons. The number of hydrogen-bond acceptors (Lipinski definition) is 3. The topological polar surface area (TPSA) is 58.9 Å². The number of imidazole rings is 1. The molecule has 0 atom stereocenters. The summed E-state index contributed by atoms with van der Waals surface area (Å²) in [7, 11) is 0. The van der Waals surface area contributed by atoms with Crippen molar-refractivity contribution in [2.45, 2.75) is 0 Å². The lowest BCUT2D eigenvalue weighted by Crippen LogP contribution is -2.29. The van der Waals surface area contributed by atoms with Crippen LogP contribution in [0.4, 0.5) is 0 Å². The summed E-state index contributed by atoms with van der Waals surface area (Å²) in [4.78, 5) is 5.31. The van der Waals surface area contributed by atoms with E-state index in [4.69, 9.17) is 14.1 Å². The number of ether oxygens (including phenoxy) is 1. The van der Waals surface area contributed by atoms with E-state index >= 15 is 0 Å². The second-order valence-corrected chi connectivity index (χ2v) is 20.6. The third kappa shape index (κ3) is 6.76. The summed E-state index contributed by atoms with van der Waals surface area (Å²) in [5.41, 5.74) is 16.6. The molecule has 17 aromatic rings. The van der Waals surface area contributed by atoms with Crippen molar-refractivity contribution in [2.24, 2.45) is 0 Å². The maximum absolute atomic E-state index is 6.80. The van der Waals surface area contributed by atoms with Crippen LogP contribution in [0, 0.1) is 6.33 Å². The zero-order valence-electron chi connectivity index (χ0n) is 42.9. The average molecular weight is 1030 g/mol. The minimum Gasteiger partial charge on any atom is -0.458 e. The molecule has 0 bridgehead atoms. The molecule has 0 aliphatic carbocycles. The van der Waals surface area contributed by atoms with Crippen LogP contribution in [-0.4, -0.2) is 23.3 Å². The van der Waals surface area contributed by atoms with Crippen LogP contribution in [0.5, 0.6) is 11.5 Å². The number of furan rings is 1. The van der Waals surface area contributed by atoms with Crippen LogP contribution >= 0.6 is 0 Å². The molecule has 0 unspecified atom stereocenters. The third-order valence-electron chi connectivity index (χ3n) is 16.0. The molecular formula is C72H44N6O2. The molecule has 17 rings (SSSR count). The smallest absolute Gasteiger partial charge is 0.269 e. The van der Waals surface area contributed by atoms with Gasteiger partial charge in [0.05, 0.1) is 55.5 Å². The van der Waals surface area contributed by atoms with Crippen molar-refractivity contribution in [3.8, 4) is 51.2 Å². The Labute approximate surface area is 457 Å². The Morgan fingerprint density at radius 1 is 0.350 bits per heavy atom. The molecule has 6 aromatic heterocycles. The van der Waals surface area contributed by atoms with Crippen LogP contribution < -0.4 is 9.30 Å². The molecule has 8 heteroatoms. The first-order valence-corrected chi connectivity index (χ1v) is 26.9. The van der Waals surface area contributed by atoms with E-state index in [0.717, 1.165) is 117 Å². The zero-order chi connectivity index (χ0) is 52.4. The van der Waals surface area contributed by atoms with Gasteiger partial charge in [-0.1, -0.05) is 140 Å². The molecular weight excluding hydrogens is 981 g/mol. The number of aromatic nitrogens is 6. The largest absolute Gasteiger partial charge is 0.458 e. The van der Waals surface area contributed by atoms with E-state index in [9.17, 15) is 0 Å². The lowest BCUT2D eigenvalue weighted by molar-refractivity contribution is -0.572. The third-order valence-corrected chi connectivity index (χ3v) is 16.0. The van der Waals surface area contributed by atoms with E-state index in [1.54, 1.807) is 0 Å². The first-order chi connectivity index (χ1) is 39.6. The summed E-state index contributed by atoms with van der Waals surface area (Å²) < 4.78 is 24.3. The molecule has 374 valence electrons. The van der Waals surface area contributed by atoms with Crippen LogP contribution in [0.2, 0.25) is 0 Å². The van der Waals surface area contributed by atoms with Crippen molar-refractivity contribution in [1.29, 1.82) is 0 Å². The molecule has 0 fully saturated rings. The van der Waals surface area contributed by atoms with E-state index in [1.807, 2.05) is 36.5 Å². The fourth-order valence-corrected chi connectivity index (χ4v) is 12.5. The first kappa shape index (κ1) is 44.2. The van der Waals surface area contributed by atoms with Crippen LogP contribution in [-0.2, 0) is 0 Å². The highest BCUT2D eigenvalue weighted by Crippen LogP contribution is 2.40. The van der Waals surface area contributed by atoms with Crippen LogP contribution in [0.1, 0.15) is 0 Å². The lowest BCUT2D eigenvalue weighted by Gasteiger charge is -2.16. The van der Waals surface area contributed by atoms with E-state index in [1.165, 1.54) is 21.5 Å². The molecule has 0 amide bonds. The normalized spacial score (nSPS) is 12.0. The SMILES string of the molecule is [c-]1n(-c2cccc(Oc3ccc4c5ccccc5n(-c5ccc(-c6cc(-n7c8ccccc8c8ccccc87)cc(-n7c8ccccc8c8ccccc87)c6)cn5)c4c3)c2)c2ccccc2[n+]1-c1ccc2oc3ccccc3c2c1. The number of fused-ring (bicyclic) bond motifs is 13. The van der Waals surface area contributed by atoms with E-state index in [0.29, 0.717) is 11.5 Å². The predicted molar refractivity (Wildman–Crippen MR) is 324 cm³/mol. The van der Waals surface area contributed by atoms with Gasteiger partial charge in [-0.05, 0) is 121 Å². The molecule has 0 saturated heterocycles. The zero-order valence-corrected chi connectivity index (χ0v) is 42.9. The maximum atomic E-state index is 6.80. The number of rotatable bonds is 8. The van der Waals surface area contributed by atoms with Crippen LogP contribution in [0.3, 0.4) is 0 Å². The number of hydrogen-bond donors (Lipinski definition) is 0. The quantitative estimate of drug-likeness (QED) is 0.113. The predicted octanol–water partition coefficient (Wildman–Crippen LogP) is 17.8. The Morgan fingerprint density at radius 2 is 0.887 bits per heavy atom. The molecule has 0 saturated carbocycles. The van der Waals surface area contributed by atoms with Crippen LogP contribution in [0.15, 0.2) is 271 Å². The van der Waals surface area contributed by atoms with Gasteiger partial charge in [0.25, 0.3) is 6.33 Å². The van der Waals surface area contributed by atoms with Gasteiger partial charge in [0.15, 0.2) is 0 Å². The van der Waals surface area contributed by atoms with Crippen molar-refractivity contribution >= 4 is 98.4 Å². The number of benzene rings is 11. The highest BCUT2D eigenvalue weighted by Gasteiger charge is 2.20. The van der Waals surface area contributed by atoms with Crippen molar-refractivity contribution in [1.82, 2.24) is 23.3 Å². The second-order valence-electron chi connectivity index (χ2n) is 20.6. The standard InChI is InChI=1S/C72H44N6O2/c1-7-24-62-54(18-1)55-19-2-8-25-63(55)76(62)50-38-47(39-51(40-50)77-64-26-9-3-20-56(64)57-21-4-10-27-65(57)77)46-32-37-72(73-44-46)78-66-28-11-5-22-58(66)59-35-34-53(43-69(59)78)79-52-17-15-16-48(41-52)74-45-75(68-30-13-12-29-67(68)74)49-33-36-71-61(42-49)60-23-6-14-31-70(60)80-71/h1-44H. The van der Waals surface area contributed by atoms with Gasteiger partial charge in [-0.3, -0.25) is 13.7 Å². The Kier molecular flexibility index (Phi) is 9.54. The number of nitrogens with zero attached hydrogens (tertiary/aromatic N) is 6. The Morgan fingerprint density at radius 3 is 1.51 bits per heavy atom. The Bertz CT molecular complexity index is 5120. The first-order valence-electron chi connectivity index (χ1n) is 26.9. The maximum Gasteiger partial charge on any atom is 0.269 e. The molecule has 0 aliphatic heterocycles. The summed E-state index contributed by atoms with van der Waals surface area (Å²) >= 11 is 0. The van der Waals surface area contributed by atoms with Gasteiger partial charge in [0.2, 0.25) is 0 Å². The summed E-state index contributed by atoms with van der Waals surface area (Å²) in [6.45, 7) is 0. The molecule has 0 N–H and O–H groups in total. The van der Waals surface area contributed by atoms with Gasteiger partial charge in [-0.15, -0.1) is 0 Å². The van der Waals surface area contributed by atoms with Gasteiger partial charge < -0.3 is 18.3 Å². The van der Waals surface area contributed by atoms with Gasteiger partial charge in [-0.2, -0.15) is 0 Å². The van der Waals surface area contributed by atoms with Crippen molar-refractivity contribution in [3.05, 3.63) is 273 Å². The summed E-state index contributed by atoms with van der Waals surface area (Å²) in [5.74, 6) is 2.23. The van der Waals surface area contributed by atoms with Crippen molar-refractivity contribution < 1.29 is 13.7 Å². The molecule has 11 aromatic carbocycles. The van der Waals surface area contributed by atoms with Crippen molar-refractivity contribution in [3.63, 3.8) is 0 Å². The molecule has 6 heterocycles. The minimum atomic E-state index is 0.708. The highest BCUT2D eigenvalue weighted by atomic mass is 16.5. The van der Waals surface area contributed by atoms with Gasteiger partial charge in [0, 0.05) is 72.3 Å². The Balaban J connectivity index is 0.758. The lowest BCUT2D eigenvalue weighted by atomic mass is 10.1. The molecule has 0 spiro atoms. The summed E-state index contributed by atoms with van der Waals surface area (Å²) in [6, 6.07) is 92.1. The fourth-order valence-electron chi connectivity index (χ4n) is 12.5. The number of pyridine rings is 1. The minimum absolute atomic E-state index is 0.708. The average Bonchev–Trinajstić information content (AvgIpc) is 4.45. The molecule has 0 aliphatic rings. The highest BCUT2D eigenvalue weighted by molar-refractivity contribution is 6.12. The summed E-state index contributed by atoms with van der Waals surface area (Å²) in [6.07, 6.45) is 5.70. The van der Waals surface area contributed by atoms with E-state index in [-0.39, 0.29) is 0 Å². The van der Waals surface area contributed by atoms with Gasteiger partial charge >= 0.3 is 0 Å². The van der Waals surface area contributed by atoms with Crippen molar-refractivity contribution in [2.75, 3.05) is 0 Å². The monoisotopic (exact) mass is 1020 g/mol. The number of para-hydroxylation sites is 8. The Hall–Kier alpha value is -11.0. The van der Waals surface area contributed by atoms with Gasteiger partial charge in [-0.25, -0.2) is 4.98 Å². The van der Waals surface area contributed by atoms with E-state index in [2.05, 4.69) is 260 Å². The summed E-state index contributed by atoms with van der Waals surface area (Å²) in [5, 5.41) is 9.29. The molecule has 80 heavy (non-hydrogen) atoms. The second kappa shape index (κ2) is 17.3. The molecule has 8 nitrogen and oxygen atoms in total. The van der Waals surface area contributed by atoms with Gasteiger partial charge in [0.1, 0.15) is 28.5 Å². The van der Waals surface area contributed by atoms with Crippen LogP contribution in [0.25, 0.3) is 138 Å².